The second-order valence-corrected chi connectivity index (χ2v) is 7.47. The Bertz CT molecular complexity index is 555. The molecule has 134 valence electrons. The Morgan fingerprint density at radius 2 is 2.17 bits per heavy atom. The molecular weight excluding hydrogens is 328 g/mol. The molecule has 7 nitrogen and oxygen atoms in total. The summed E-state index contributed by atoms with van der Waals surface area (Å²) in [6.07, 6.45) is 3.55. The minimum absolute atomic E-state index is 0.126. The SMILES string of the molecule is COc1cc(NC2CCCN(C(=O)OC(C)(C)C)C2)nc(SC)n1. The highest BCUT2D eigenvalue weighted by Crippen LogP contribution is 2.22. The third-order valence-electron chi connectivity index (χ3n) is 3.50. The first-order valence-corrected chi connectivity index (χ1v) is 9.24. The largest absolute Gasteiger partial charge is 0.481 e. The van der Waals surface area contributed by atoms with Crippen LogP contribution in [0.25, 0.3) is 0 Å². The third kappa shape index (κ3) is 5.43. The van der Waals surface area contributed by atoms with Gasteiger partial charge in [0.15, 0.2) is 5.16 Å². The summed E-state index contributed by atoms with van der Waals surface area (Å²) in [5.41, 5.74) is -0.481. The molecule has 0 bridgehead atoms. The van der Waals surface area contributed by atoms with E-state index in [1.54, 1.807) is 18.1 Å². The van der Waals surface area contributed by atoms with Crippen molar-refractivity contribution in [2.75, 3.05) is 31.8 Å². The number of carbonyl (C=O) groups excluding carboxylic acids is 1. The molecule has 1 fully saturated rings. The molecule has 0 aliphatic carbocycles. The Kier molecular flexibility index (Phi) is 6.15. The van der Waals surface area contributed by atoms with Gasteiger partial charge in [-0.2, -0.15) is 4.98 Å². The molecule has 0 radical (unpaired) electrons. The van der Waals surface area contributed by atoms with Crippen molar-refractivity contribution in [1.82, 2.24) is 14.9 Å². The standard InChI is InChI=1S/C16H26N4O3S/c1-16(2,3)23-15(21)20-8-6-7-11(10-20)17-12-9-13(22-4)19-14(18-12)24-5/h9,11H,6-8,10H2,1-5H3,(H,17,18,19). The van der Waals surface area contributed by atoms with Gasteiger partial charge in [0, 0.05) is 25.2 Å². The van der Waals surface area contributed by atoms with Gasteiger partial charge in [-0.1, -0.05) is 11.8 Å². The first kappa shape index (κ1) is 18.6. The van der Waals surface area contributed by atoms with Gasteiger partial charge in [0.2, 0.25) is 5.88 Å². The van der Waals surface area contributed by atoms with E-state index in [4.69, 9.17) is 9.47 Å². The van der Waals surface area contributed by atoms with Crippen molar-refractivity contribution in [1.29, 1.82) is 0 Å². The summed E-state index contributed by atoms with van der Waals surface area (Å²) in [5.74, 6) is 1.24. The van der Waals surface area contributed by atoms with Gasteiger partial charge < -0.3 is 19.7 Å². The molecule has 8 heteroatoms. The fourth-order valence-corrected chi connectivity index (χ4v) is 2.84. The summed E-state index contributed by atoms with van der Waals surface area (Å²) < 4.78 is 10.7. The molecule has 1 unspecified atom stereocenters. The van der Waals surface area contributed by atoms with Gasteiger partial charge in [-0.25, -0.2) is 9.78 Å². The Labute approximate surface area is 147 Å². The Balaban J connectivity index is 2.01. The van der Waals surface area contributed by atoms with Crippen LogP contribution in [0.1, 0.15) is 33.6 Å². The van der Waals surface area contributed by atoms with Crippen LogP contribution in [0.4, 0.5) is 10.6 Å². The van der Waals surface area contributed by atoms with Gasteiger partial charge >= 0.3 is 6.09 Å². The average molecular weight is 354 g/mol. The van der Waals surface area contributed by atoms with Crippen molar-refractivity contribution in [2.45, 2.75) is 50.4 Å². The quantitative estimate of drug-likeness (QED) is 0.658. The van der Waals surface area contributed by atoms with E-state index in [-0.39, 0.29) is 12.1 Å². The molecule has 1 N–H and O–H groups in total. The minimum atomic E-state index is -0.481. The van der Waals surface area contributed by atoms with Crippen LogP contribution < -0.4 is 10.1 Å². The number of rotatable bonds is 4. The topological polar surface area (TPSA) is 76.6 Å². The number of thioether (sulfide) groups is 1. The molecular formula is C16H26N4O3S. The Hall–Kier alpha value is -1.70. The van der Waals surface area contributed by atoms with Crippen LogP contribution in [0, 0.1) is 0 Å². The normalized spacial score (nSPS) is 18.2. The highest BCUT2D eigenvalue weighted by molar-refractivity contribution is 7.98. The lowest BCUT2D eigenvalue weighted by Gasteiger charge is -2.34. The van der Waals surface area contributed by atoms with Crippen molar-refractivity contribution in [3.63, 3.8) is 0 Å². The molecule has 2 rings (SSSR count). The molecule has 2 heterocycles. The number of nitrogens with one attached hydrogen (secondary N) is 1. The van der Waals surface area contributed by atoms with Gasteiger partial charge in [-0.05, 0) is 39.9 Å². The predicted octanol–water partition coefficient (Wildman–Crippen LogP) is 3.02. The zero-order chi connectivity index (χ0) is 17.7. The van der Waals surface area contributed by atoms with Crippen LogP contribution >= 0.6 is 11.8 Å². The Morgan fingerprint density at radius 3 is 2.79 bits per heavy atom. The molecule has 0 saturated carbocycles. The maximum absolute atomic E-state index is 12.2. The maximum atomic E-state index is 12.2. The molecule has 1 aromatic heterocycles. The molecule has 1 aromatic rings. The first-order valence-electron chi connectivity index (χ1n) is 8.02. The number of likely N-dealkylation sites (tertiary alicyclic amines) is 1. The van der Waals surface area contributed by atoms with Crippen LogP contribution in [0.2, 0.25) is 0 Å². The lowest BCUT2D eigenvalue weighted by molar-refractivity contribution is 0.0206. The molecule has 1 aliphatic heterocycles. The van der Waals surface area contributed by atoms with Crippen LogP contribution in [-0.4, -0.2) is 59.1 Å². The molecule has 1 aliphatic rings. The number of ether oxygens (including phenoxy) is 2. The van der Waals surface area contributed by atoms with Crippen molar-refractivity contribution in [3.05, 3.63) is 6.07 Å². The fraction of sp³-hybridized carbons (Fsp3) is 0.688. The van der Waals surface area contributed by atoms with Crippen LogP contribution in [0.5, 0.6) is 5.88 Å². The summed E-state index contributed by atoms with van der Waals surface area (Å²) in [7, 11) is 1.58. The van der Waals surface area contributed by atoms with Gasteiger partial charge in [0.1, 0.15) is 11.4 Å². The first-order chi connectivity index (χ1) is 11.3. The van der Waals surface area contributed by atoms with Crippen molar-refractivity contribution >= 4 is 23.7 Å². The lowest BCUT2D eigenvalue weighted by atomic mass is 10.1. The van der Waals surface area contributed by atoms with E-state index in [1.165, 1.54) is 11.8 Å². The highest BCUT2D eigenvalue weighted by Gasteiger charge is 2.27. The van der Waals surface area contributed by atoms with E-state index in [0.29, 0.717) is 23.4 Å². The number of aromatic nitrogens is 2. The van der Waals surface area contributed by atoms with E-state index < -0.39 is 5.60 Å². The predicted molar refractivity (Wildman–Crippen MR) is 94.8 cm³/mol. The monoisotopic (exact) mass is 354 g/mol. The summed E-state index contributed by atoms with van der Waals surface area (Å²) in [6.45, 7) is 6.94. The van der Waals surface area contributed by atoms with Crippen molar-refractivity contribution in [2.24, 2.45) is 0 Å². The number of anilines is 1. The number of amides is 1. The Morgan fingerprint density at radius 1 is 1.42 bits per heavy atom. The summed E-state index contributed by atoms with van der Waals surface area (Å²) in [6, 6.07) is 1.90. The summed E-state index contributed by atoms with van der Waals surface area (Å²) >= 11 is 1.46. The van der Waals surface area contributed by atoms with Crippen molar-refractivity contribution < 1.29 is 14.3 Å². The molecule has 1 saturated heterocycles. The maximum Gasteiger partial charge on any atom is 0.410 e. The number of nitrogens with zero attached hydrogens (tertiary/aromatic N) is 3. The van der Waals surface area contributed by atoms with Crippen LogP contribution in [0.3, 0.4) is 0 Å². The minimum Gasteiger partial charge on any atom is -0.481 e. The third-order valence-corrected chi connectivity index (χ3v) is 4.05. The number of methoxy groups -OCH3 is 1. The fourth-order valence-electron chi connectivity index (χ4n) is 2.47. The van der Waals surface area contributed by atoms with E-state index >= 15 is 0 Å². The molecule has 24 heavy (non-hydrogen) atoms. The number of piperidine rings is 1. The van der Waals surface area contributed by atoms with Crippen molar-refractivity contribution in [3.8, 4) is 5.88 Å². The summed E-state index contributed by atoms with van der Waals surface area (Å²) in [5, 5.41) is 4.03. The average Bonchev–Trinajstić information content (AvgIpc) is 2.53. The van der Waals surface area contributed by atoms with Gasteiger partial charge in [-0.15, -0.1) is 0 Å². The molecule has 0 spiro atoms. The zero-order valence-electron chi connectivity index (χ0n) is 15.0. The second kappa shape index (κ2) is 7.92. The van der Waals surface area contributed by atoms with Crippen LogP contribution in [-0.2, 0) is 4.74 Å². The zero-order valence-corrected chi connectivity index (χ0v) is 15.8. The van der Waals surface area contributed by atoms with Crippen LogP contribution in [0.15, 0.2) is 11.2 Å². The van der Waals surface area contributed by atoms with E-state index in [0.717, 1.165) is 19.4 Å². The molecule has 1 amide bonds. The van der Waals surface area contributed by atoms with E-state index in [2.05, 4.69) is 15.3 Å². The smallest absolute Gasteiger partial charge is 0.410 e. The van der Waals surface area contributed by atoms with E-state index in [9.17, 15) is 4.79 Å². The number of carbonyl (C=O) groups is 1. The molecule has 1 atom stereocenters. The van der Waals surface area contributed by atoms with Gasteiger partial charge in [0.25, 0.3) is 0 Å². The lowest BCUT2D eigenvalue weighted by Crippen LogP contribution is -2.47. The van der Waals surface area contributed by atoms with Gasteiger partial charge in [0.05, 0.1) is 7.11 Å². The van der Waals surface area contributed by atoms with Gasteiger partial charge in [-0.3, -0.25) is 0 Å². The summed E-state index contributed by atoms with van der Waals surface area (Å²) in [4.78, 5) is 22.7. The highest BCUT2D eigenvalue weighted by atomic mass is 32.2. The number of hydrogen-bond donors (Lipinski definition) is 1. The van der Waals surface area contributed by atoms with E-state index in [1.807, 2.05) is 27.0 Å². The second-order valence-electron chi connectivity index (χ2n) is 6.69. The molecule has 0 aromatic carbocycles. The number of hydrogen-bond acceptors (Lipinski definition) is 7.